The minimum absolute atomic E-state index is 0.00751. The molecule has 73 heavy (non-hydrogen) atoms. The van der Waals surface area contributed by atoms with Crippen LogP contribution in [0.15, 0.2) is 152 Å². The second-order valence-electron chi connectivity index (χ2n) is 17.1. The summed E-state index contributed by atoms with van der Waals surface area (Å²) in [6.07, 6.45) is -27.1. The highest BCUT2D eigenvalue weighted by Gasteiger charge is 2.57. The molecule has 5 aromatic rings. The van der Waals surface area contributed by atoms with Crippen LogP contribution in [-0.4, -0.2) is 166 Å². The van der Waals surface area contributed by atoms with Gasteiger partial charge >= 0.3 is 23.9 Å². The first-order valence-electron chi connectivity index (χ1n) is 23.3. The molecule has 6 N–H and O–H groups in total. The van der Waals surface area contributed by atoms with Crippen molar-refractivity contribution >= 4 is 23.9 Å². The standard InChI is InChI=1S/C53H54O20/c54-26-35-38(56)43(40(58)51(66-35)65-28-30-16-6-1-7-17-30)72-52-41(59)44(39(57)36(27-55)67-52)73-53-46(71-50(63)34-24-14-5-15-25-34)45(70-49(62)33-22-12-4-13-23-33)42(69-48(61)32-20-10-3-11-21-32)37(68-53)29-64-47(60)31-18-8-2-9-19-31/h1-25,35-46,51-59H,26-29H2/t35-,36-,37-,38-,39-,40-,41-,42-,43+,44+,45+,46-,51-,52+,53+/m1/s1. The Hall–Kier alpha value is -6.50. The first-order valence-corrected chi connectivity index (χ1v) is 23.3. The van der Waals surface area contributed by atoms with Gasteiger partial charge in [0.1, 0.15) is 61.5 Å². The summed E-state index contributed by atoms with van der Waals surface area (Å²) in [5.74, 6) is -3.84. The zero-order valence-electron chi connectivity index (χ0n) is 38.8. The number of aliphatic hydroxyl groups is 6. The van der Waals surface area contributed by atoms with Crippen LogP contribution < -0.4 is 0 Å². The van der Waals surface area contributed by atoms with Crippen molar-refractivity contribution in [3.63, 3.8) is 0 Å². The number of esters is 4. The maximum absolute atomic E-state index is 14.1. The fraction of sp³-hybridized carbons (Fsp3) is 0.358. The van der Waals surface area contributed by atoms with E-state index >= 15 is 0 Å². The summed E-state index contributed by atoms with van der Waals surface area (Å²) in [7, 11) is 0. The van der Waals surface area contributed by atoms with Gasteiger partial charge in [-0.1, -0.05) is 103 Å². The van der Waals surface area contributed by atoms with Gasteiger partial charge in [0.2, 0.25) is 0 Å². The molecule has 0 amide bonds. The maximum Gasteiger partial charge on any atom is 0.338 e. The van der Waals surface area contributed by atoms with Gasteiger partial charge in [-0.25, -0.2) is 19.2 Å². The third-order valence-electron chi connectivity index (χ3n) is 12.2. The summed E-state index contributed by atoms with van der Waals surface area (Å²) in [4.78, 5) is 55.7. The van der Waals surface area contributed by atoms with Gasteiger partial charge in [-0.05, 0) is 54.1 Å². The average molecular weight is 1010 g/mol. The maximum atomic E-state index is 14.1. The van der Waals surface area contributed by atoms with Crippen LogP contribution in [0.5, 0.6) is 0 Å². The minimum Gasteiger partial charge on any atom is -0.459 e. The van der Waals surface area contributed by atoms with Crippen molar-refractivity contribution < 1.29 is 97.2 Å². The fourth-order valence-electron chi connectivity index (χ4n) is 8.38. The summed E-state index contributed by atoms with van der Waals surface area (Å²) in [5, 5.41) is 67.3. The molecule has 15 atom stereocenters. The average Bonchev–Trinajstić information content (AvgIpc) is 3.43. The Morgan fingerprint density at radius 2 is 0.767 bits per heavy atom. The molecule has 0 spiro atoms. The topological polar surface area (TPSA) is 282 Å². The van der Waals surface area contributed by atoms with Gasteiger partial charge in [0.05, 0.1) is 42.1 Å². The van der Waals surface area contributed by atoms with Gasteiger partial charge in [0, 0.05) is 0 Å². The van der Waals surface area contributed by atoms with E-state index in [2.05, 4.69) is 0 Å². The van der Waals surface area contributed by atoms with E-state index in [9.17, 15) is 49.8 Å². The molecule has 3 aliphatic heterocycles. The molecular formula is C53H54O20. The third-order valence-corrected chi connectivity index (χ3v) is 12.2. The molecule has 0 aromatic heterocycles. The number of aliphatic hydroxyl groups excluding tert-OH is 6. The van der Waals surface area contributed by atoms with E-state index in [1.54, 1.807) is 103 Å². The van der Waals surface area contributed by atoms with Crippen LogP contribution in [0.3, 0.4) is 0 Å². The molecule has 3 fully saturated rings. The van der Waals surface area contributed by atoms with Crippen LogP contribution in [0.4, 0.5) is 0 Å². The zero-order chi connectivity index (χ0) is 51.4. The van der Waals surface area contributed by atoms with Gasteiger partial charge in [-0.2, -0.15) is 0 Å². The van der Waals surface area contributed by atoms with E-state index < -0.39 is 136 Å². The Morgan fingerprint density at radius 3 is 1.23 bits per heavy atom. The molecule has 3 saturated heterocycles. The van der Waals surface area contributed by atoms with Crippen molar-refractivity contribution in [2.24, 2.45) is 0 Å². The molecule has 20 nitrogen and oxygen atoms in total. The van der Waals surface area contributed by atoms with Gasteiger partial charge in [-0.3, -0.25) is 0 Å². The van der Waals surface area contributed by atoms with Crippen LogP contribution >= 0.6 is 0 Å². The molecule has 386 valence electrons. The van der Waals surface area contributed by atoms with Crippen molar-refractivity contribution in [3.05, 3.63) is 179 Å². The number of hydrogen-bond acceptors (Lipinski definition) is 20. The summed E-state index contributed by atoms with van der Waals surface area (Å²) < 4.78 is 60.1. The van der Waals surface area contributed by atoms with Crippen molar-refractivity contribution in [1.29, 1.82) is 0 Å². The Balaban J connectivity index is 1.15. The van der Waals surface area contributed by atoms with Crippen molar-refractivity contribution in [2.45, 2.75) is 98.7 Å². The number of carbonyl (C=O) groups excluding carboxylic acids is 4. The number of rotatable bonds is 18. The normalized spacial score (nSPS) is 30.1. The lowest BCUT2D eigenvalue weighted by molar-refractivity contribution is -0.380. The van der Waals surface area contributed by atoms with Gasteiger partial charge in [-0.15, -0.1) is 0 Å². The highest BCUT2D eigenvalue weighted by Crippen LogP contribution is 2.36. The van der Waals surface area contributed by atoms with Gasteiger partial charge in [0.25, 0.3) is 0 Å². The summed E-state index contributed by atoms with van der Waals surface area (Å²) in [6.45, 7) is -2.50. The lowest BCUT2D eigenvalue weighted by atomic mass is 9.95. The molecule has 20 heteroatoms. The largest absolute Gasteiger partial charge is 0.459 e. The summed E-state index contributed by atoms with van der Waals surface area (Å²) in [5.41, 5.74) is 0.863. The van der Waals surface area contributed by atoms with E-state index in [0.717, 1.165) is 0 Å². The Morgan fingerprint density at radius 1 is 0.397 bits per heavy atom. The Bertz CT molecular complexity index is 2540. The Labute approximate surface area is 418 Å². The molecule has 0 unspecified atom stereocenters. The number of benzene rings is 5. The van der Waals surface area contributed by atoms with E-state index in [0.29, 0.717) is 5.56 Å². The summed E-state index contributed by atoms with van der Waals surface area (Å²) >= 11 is 0. The first-order chi connectivity index (χ1) is 35.4. The zero-order valence-corrected chi connectivity index (χ0v) is 38.8. The van der Waals surface area contributed by atoms with E-state index in [-0.39, 0.29) is 28.9 Å². The molecule has 0 saturated carbocycles. The second-order valence-corrected chi connectivity index (χ2v) is 17.1. The quantitative estimate of drug-likeness (QED) is 0.0542. The molecular weight excluding hydrogens is 957 g/mol. The number of carbonyl (C=O) groups is 4. The fourth-order valence-corrected chi connectivity index (χ4v) is 8.38. The van der Waals surface area contributed by atoms with Crippen molar-refractivity contribution in [2.75, 3.05) is 19.8 Å². The third kappa shape index (κ3) is 12.8. The SMILES string of the molecule is O=C(OC[C@H]1O[C@@H](O[C@@H]2[C@@H](O)[C@H](O[C@@H]3[C@@H](O)[C@H](OCc4ccccc4)O[C@H](CO)[C@H]3O)O[C@H](CO)[C@H]2O)[C@H](OC(=O)c2ccccc2)[C@@H](OC(=O)c2ccccc2)[C@@H]1OC(=O)c1ccccc1)c1ccccc1. The monoisotopic (exact) mass is 1010 g/mol. The lowest BCUT2D eigenvalue weighted by Crippen LogP contribution is -2.67. The smallest absolute Gasteiger partial charge is 0.338 e. The van der Waals surface area contributed by atoms with Crippen molar-refractivity contribution in [1.82, 2.24) is 0 Å². The highest BCUT2D eigenvalue weighted by atomic mass is 16.8. The lowest BCUT2D eigenvalue weighted by Gasteiger charge is -2.49. The molecule has 8 rings (SSSR count). The minimum atomic E-state index is -2.13. The molecule has 5 aromatic carbocycles. The first kappa shape index (κ1) is 52.8. The predicted octanol–water partition coefficient (Wildman–Crippen LogP) is 2.11. The van der Waals surface area contributed by atoms with Crippen LogP contribution in [0.2, 0.25) is 0 Å². The van der Waals surface area contributed by atoms with Gasteiger partial charge < -0.3 is 78.0 Å². The Kier molecular flexibility index (Phi) is 18.1. The van der Waals surface area contributed by atoms with E-state index in [1.807, 2.05) is 0 Å². The van der Waals surface area contributed by atoms with Crippen LogP contribution in [0.1, 0.15) is 47.0 Å². The molecule has 3 heterocycles. The molecule has 0 aliphatic carbocycles. The molecule has 0 bridgehead atoms. The number of hydrogen-bond donors (Lipinski definition) is 6. The second kappa shape index (κ2) is 25.0. The summed E-state index contributed by atoms with van der Waals surface area (Å²) in [6, 6.07) is 39.6. The predicted molar refractivity (Wildman–Crippen MR) is 249 cm³/mol. The van der Waals surface area contributed by atoms with Crippen LogP contribution in [0.25, 0.3) is 0 Å². The van der Waals surface area contributed by atoms with Gasteiger partial charge in [0.15, 0.2) is 37.2 Å². The van der Waals surface area contributed by atoms with Crippen LogP contribution in [-0.2, 0) is 54.0 Å². The van der Waals surface area contributed by atoms with Crippen molar-refractivity contribution in [3.8, 4) is 0 Å². The molecule has 0 radical (unpaired) electrons. The highest BCUT2D eigenvalue weighted by molar-refractivity contribution is 5.91. The van der Waals surface area contributed by atoms with E-state index in [4.69, 9.17) is 47.4 Å². The van der Waals surface area contributed by atoms with E-state index in [1.165, 1.54) is 48.5 Å². The van der Waals surface area contributed by atoms with Crippen LogP contribution in [0, 0.1) is 0 Å². The number of ether oxygens (including phenoxy) is 10. The molecule has 3 aliphatic rings.